The van der Waals surface area contributed by atoms with Crippen LogP contribution in [0.1, 0.15) is 10.4 Å². The molecule has 2 aromatic rings. The van der Waals surface area contributed by atoms with Gasteiger partial charge in [0.1, 0.15) is 0 Å². The molecule has 1 heterocycles. The zero-order chi connectivity index (χ0) is 15.1. The van der Waals surface area contributed by atoms with Crippen molar-refractivity contribution in [2.75, 3.05) is 0 Å². The van der Waals surface area contributed by atoms with Crippen LogP contribution in [0, 0.1) is 0 Å². The number of halogens is 1. The second kappa shape index (κ2) is 7.56. The van der Waals surface area contributed by atoms with Crippen molar-refractivity contribution in [3.63, 3.8) is 0 Å². The van der Waals surface area contributed by atoms with E-state index >= 15 is 0 Å². The summed E-state index contributed by atoms with van der Waals surface area (Å²) in [6.07, 6.45) is 1.48. The van der Waals surface area contributed by atoms with Crippen LogP contribution in [0.15, 0.2) is 46.9 Å². The van der Waals surface area contributed by atoms with Gasteiger partial charge in [0, 0.05) is 16.4 Å². The number of benzene rings is 1. The van der Waals surface area contributed by atoms with Crippen molar-refractivity contribution < 1.29 is 9.59 Å². The van der Waals surface area contributed by atoms with Crippen LogP contribution >= 0.6 is 22.9 Å². The molecule has 0 fully saturated rings. The second-order valence-electron chi connectivity index (χ2n) is 4.02. The van der Waals surface area contributed by atoms with E-state index in [0.29, 0.717) is 5.02 Å². The molecule has 7 heteroatoms. The Morgan fingerprint density at radius 3 is 2.62 bits per heavy atom. The first-order valence-electron chi connectivity index (χ1n) is 6.04. The fourth-order valence-corrected chi connectivity index (χ4v) is 2.15. The van der Waals surface area contributed by atoms with E-state index in [1.807, 2.05) is 17.5 Å². The molecule has 0 radical (unpaired) electrons. The Morgan fingerprint density at radius 2 is 1.95 bits per heavy atom. The Kier molecular flexibility index (Phi) is 5.48. The first-order chi connectivity index (χ1) is 10.1. The van der Waals surface area contributed by atoms with Crippen LogP contribution in [0.25, 0.3) is 0 Å². The van der Waals surface area contributed by atoms with Crippen molar-refractivity contribution in [1.82, 2.24) is 10.7 Å². The lowest BCUT2D eigenvalue weighted by molar-refractivity contribution is -0.139. The lowest BCUT2D eigenvalue weighted by Crippen LogP contribution is -2.37. The lowest BCUT2D eigenvalue weighted by atomic mass is 10.2. The summed E-state index contributed by atoms with van der Waals surface area (Å²) in [5.74, 6) is -1.55. The number of hydrazone groups is 1. The van der Waals surface area contributed by atoms with Gasteiger partial charge in [-0.3, -0.25) is 9.59 Å². The minimum absolute atomic E-state index is 0.248. The van der Waals surface area contributed by atoms with Crippen molar-refractivity contribution in [2.45, 2.75) is 6.54 Å². The quantitative estimate of drug-likeness (QED) is 0.515. The SMILES string of the molecule is O=C(NCc1ccc(Cl)cc1)C(=O)NN=Cc1cccs1. The topological polar surface area (TPSA) is 70.6 Å². The van der Waals surface area contributed by atoms with Crippen molar-refractivity contribution in [1.29, 1.82) is 0 Å². The fourth-order valence-electron chi connectivity index (χ4n) is 1.43. The maximum Gasteiger partial charge on any atom is 0.329 e. The molecule has 5 nitrogen and oxygen atoms in total. The van der Waals surface area contributed by atoms with Gasteiger partial charge in [-0.1, -0.05) is 29.8 Å². The zero-order valence-corrected chi connectivity index (χ0v) is 12.4. The molecule has 2 rings (SSSR count). The van der Waals surface area contributed by atoms with Gasteiger partial charge in [-0.05, 0) is 29.1 Å². The van der Waals surface area contributed by atoms with Crippen LogP contribution in [0.2, 0.25) is 5.02 Å². The van der Waals surface area contributed by atoms with E-state index in [2.05, 4.69) is 15.8 Å². The molecule has 21 heavy (non-hydrogen) atoms. The average molecular weight is 322 g/mol. The summed E-state index contributed by atoms with van der Waals surface area (Å²) in [5, 5.41) is 8.71. The van der Waals surface area contributed by atoms with Gasteiger partial charge >= 0.3 is 11.8 Å². The van der Waals surface area contributed by atoms with Crippen molar-refractivity contribution in [2.24, 2.45) is 5.10 Å². The summed E-state index contributed by atoms with van der Waals surface area (Å²) in [7, 11) is 0. The molecule has 0 saturated carbocycles. The number of carbonyl (C=O) groups is 2. The Labute approximate surface area is 130 Å². The third kappa shape index (κ3) is 5.02. The number of thiophene rings is 1. The average Bonchev–Trinajstić information content (AvgIpc) is 2.99. The third-order valence-electron chi connectivity index (χ3n) is 2.47. The highest BCUT2D eigenvalue weighted by Gasteiger charge is 2.11. The highest BCUT2D eigenvalue weighted by atomic mass is 35.5. The maximum atomic E-state index is 11.6. The van der Waals surface area contributed by atoms with Gasteiger partial charge in [-0.2, -0.15) is 5.10 Å². The highest BCUT2D eigenvalue weighted by molar-refractivity contribution is 7.11. The summed E-state index contributed by atoms with van der Waals surface area (Å²) in [6, 6.07) is 10.7. The van der Waals surface area contributed by atoms with E-state index < -0.39 is 11.8 Å². The summed E-state index contributed by atoms with van der Waals surface area (Å²) in [6.45, 7) is 0.248. The largest absolute Gasteiger partial charge is 0.344 e. The summed E-state index contributed by atoms with van der Waals surface area (Å²) >= 11 is 7.24. The van der Waals surface area contributed by atoms with Gasteiger partial charge in [0.25, 0.3) is 0 Å². The molecule has 1 aromatic carbocycles. The van der Waals surface area contributed by atoms with E-state index in [9.17, 15) is 9.59 Å². The molecule has 0 aliphatic heterocycles. The predicted octanol–water partition coefficient (Wildman–Crippen LogP) is 2.17. The zero-order valence-electron chi connectivity index (χ0n) is 10.9. The fraction of sp³-hybridized carbons (Fsp3) is 0.0714. The molecule has 0 unspecified atom stereocenters. The van der Waals surface area contributed by atoms with Crippen molar-refractivity contribution >= 4 is 41.0 Å². The first-order valence-corrected chi connectivity index (χ1v) is 7.30. The summed E-state index contributed by atoms with van der Waals surface area (Å²) in [4.78, 5) is 23.9. The van der Waals surface area contributed by atoms with Crippen molar-refractivity contribution in [3.8, 4) is 0 Å². The van der Waals surface area contributed by atoms with E-state index in [4.69, 9.17) is 11.6 Å². The third-order valence-corrected chi connectivity index (χ3v) is 3.53. The molecule has 108 valence electrons. The van der Waals surface area contributed by atoms with Crippen LogP contribution in [0.5, 0.6) is 0 Å². The molecule has 2 amide bonds. The van der Waals surface area contributed by atoms with Crippen LogP contribution in [-0.4, -0.2) is 18.0 Å². The Bertz CT molecular complexity index is 639. The van der Waals surface area contributed by atoms with Crippen LogP contribution in [0.3, 0.4) is 0 Å². The van der Waals surface area contributed by atoms with Crippen LogP contribution < -0.4 is 10.7 Å². The number of carbonyl (C=O) groups excluding carboxylic acids is 2. The monoisotopic (exact) mass is 321 g/mol. The Hall–Kier alpha value is -2.18. The van der Waals surface area contributed by atoms with E-state index in [1.165, 1.54) is 17.6 Å². The first kappa shape index (κ1) is 15.2. The number of amides is 2. The second-order valence-corrected chi connectivity index (χ2v) is 5.44. The molecule has 0 aliphatic carbocycles. The minimum Gasteiger partial charge on any atom is -0.344 e. The van der Waals surface area contributed by atoms with Gasteiger partial charge < -0.3 is 5.32 Å². The van der Waals surface area contributed by atoms with Gasteiger partial charge in [-0.15, -0.1) is 11.3 Å². The van der Waals surface area contributed by atoms with Gasteiger partial charge in [-0.25, -0.2) is 5.43 Å². The normalized spacial score (nSPS) is 10.5. The summed E-state index contributed by atoms with van der Waals surface area (Å²) < 4.78 is 0. The lowest BCUT2D eigenvalue weighted by Gasteiger charge is -2.04. The Morgan fingerprint density at radius 1 is 1.19 bits per heavy atom. The molecule has 2 N–H and O–H groups in total. The van der Waals surface area contributed by atoms with Gasteiger partial charge in [0.15, 0.2) is 0 Å². The number of rotatable bonds is 4. The molecule has 0 bridgehead atoms. The van der Waals surface area contributed by atoms with Crippen molar-refractivity contribution in [3.05, 3.63) is 57.2 Å². The molecule has 0 saturated heterocycles. The molecule has 1 aromatic heterocycles. The number of hydrogen-bond donors (Lipinski definition) is 2. The molecule has 0 atom stereocenters. The number of hydrogen-bond acceptors (Lipinski definition) is 4. The van der Waals surface area contributed by atoms with E-state index in [0.717, 1.165) is 10.4 Å². The molecular weight excluding hydrogens is 310 g/mol. The van der Waals surface area contributed by atoms with E-state index in [1.54, 1.807) is 24.3 Å². The van der Waals surface area contributed by atoms with E-state index in [-0.39, 0.29) is 6.54 Å². The minimum atomic E-state index is -0.809. The summed E-state index contributed by atoms with van der Waals surface area (Å²) in [5.41, 5.74) is 3.02. The molecule has 0 spiro atoms. The van der Waals surface area contributed by atoms with Crippen LogP contribution in [0.4, 0.5) is 0 Å². The van der Waals surface area contributed by atoms with Gasteiger partial charge in [0.2, 0.25) is 0 Å². The molecular formula is C14H12ClN3O2S. The number of nitrogens with zero attached hydrogens (tertiary/aromatic N) is 1. The maximum absolute atomic E-state index is 11.6. The predicted molar refractivity (Wildman–Crippen MR) is 83.4 cm³/mol. The highest BCUT2D eigenvalue weighted by Crippen LogP contribution is 2.09. The molecule has 0 aliphatic rings. The standard InChI is InChI=1S/C14H12ClN3O2S/c15-11-5-3-10(4-6-11)8-16-13(19)14(20)18-17-9-12-2-1-7-21-12/h1-7,9H,8H2,(H,16,19)(H,18,20). The number of nitrogens with one attached hydrogen (secondary N) is 2. The smallest absolute Gasteiger partial charge is 0.329 e. The Balaban J connectivity index is 1.77. The van der Waals surface area contributed by atoms with Gasteiger partial charge in [0.05, 0.1) is 6.21 Å². The van der Waals surface area contributed by atoms with Crippen LogP contribution in [-0.2, 0) is 16.1 Å².